The van der Waals surface area contributed by atoms with Crippen LogP contribution in [-0.4, -0.2) is 46.4 Å². The van der Waals surface area contributed by atoms with E-state index < -0.39 is 17.7 Å². The highest BCUT2D eigenvalue weighted by Crippen LogP contribution is 2.32. The second kappa shape index (κ2) is 9.68. The molecule has 3 aromatic heterocycles. The van der Waals surface area contributed by atoms with E-state index in [4.69, 9.17) is 4.98 Å². The van der Waals surface area contributed by atoms with Gasteiger partial charge in [-0.05, 0) is 36.6 Å². The van der Waals surface area contributed by atoms with Gasteiger partial charge >= 0.3 is 0 Å². The van der Waals surface area contributed by atoms with Crippen LogP contribution in [0.1, 0.15) is 56.5 Å². The van der Waals surface area contributed by atoms with E-state index >= 15 is 0 Å². The van der Waals surface area contributed by atoms with Crippen LogP contribution in [0.15, 0.2) is 42.9 Å². The van der Waals surface area contributed by atoms with Crippen molar-refractivity contribution in [1.82, 2.24) is 35.2 Å². The third-order valence-corrected chi connectivity index (χ3v) is 5.45. The van der Waals surface area contributed by atoms with E-state index in [1.165, 1.54) is 18.2 Å². The summed E-state index contributed by atoms with van der Waals surface area (Å²) >= 11 is 0. The zero-order valence-corrected chi connectivity index (χ0v) is 19.3. The van der Waals surface area contributed by atoms with E-state index in [1.807, 2.05) is 20.8 Å². The molecule has 0 aliphatic rings. The Bertz CT molecular complexity index is 1290. The Labute approximate surface area is 195 Å². The Hall–Kier alpha value is -3.66. The second-order valence-corrected chi connectivity index (χ2v) is 8.55. The summed E-state index contributed by atoms with van der Waals surface area (Å²) < 4.78 is 30.2. The van der Waals surface area contributed by atoms with E-state index in [0.29, 0.717) is 29.3 Å². The van der Waals surface area contributed by atoms with Crippen molar-refractivity contribution in [3.05, 3.63) is 71.4 Å². The third-order valence-electron chi connectivity index (χ3n) is 5.45. The Morgan fingerprint density at radius 2 is 1.68 bits per heavy atom. The number of hydrogen-bond acceptors (Lipinski definition) is 7. The van der Waals surface area contributed by atoms with Crippen LogP contribution in [0.2, 0.25) is 0 Å². The Balaban J connectivity index is 1.70. The zero-order chi connectivity index (χ0) is 24.4. The lowest BCUT2D eigenvalue weighted by Gasteiger charge is -2.18. The van der Waals surface area contributed by atoms with Crippen LogP contribution in [0, 0.1) is 11.6 Å². The standard InChI is InChI=1S/C24H25F2N7O/c1-13(2)16-8-19(23-17(25)6-5-7-18(23)26)29-31-24(16)15(4)20-9-27-10-21(28-20)22-12-33(32-30-22)11-14(3)34/h5-10,12-15,34H,11H2,1-4H3/t14-,15?/m0/s1. The highest BCUT2D eigenvalue weighted by molar-refractivity contribution is 5.61. The molecule has 4 rings (SSSR count). The first-order valence-corrected chi connectivity index (χ1v) is 11.0. The van der Waals surface area contributed by atoms with E-state index in [1.54, 1.807) is 36.3 Å². The smallest absolute Gasteiger partial charge is 0.135 e. The van der Waals surface area contributed by atoms with Gasteiger partial charge in [-0.25, -0.2) is 18.4 Å². The lowest BCUT2D eigenvalue weighted by Crippen LogP contribution is -2.12. The van der Waals surface area contributed by atoms with Crippen LogP contribution in [0.4, 0.5) is 8.78 Å². The quantitative estimate of drug-likeness (QED) is 0.438. The van der Waals surface area contributed by atoms with E-state index in [0.717, 1.165) is 5.56 Å². The molecule has 0 fully saturated rings. The first kappa shape index (κ1) is 23.5. The number of halogens is 2. The van der Waals surface area contributed by atoms with Crippen LogP contribution in [-0.2, 0) is 6.54 Å². The zero-order valence-electron chi connectivity index (χ0n) is 19.3. The van der Waals surface area contributed by atoms with Crippen LogP contribution in [0.3, 0.4) is 0 Å². The molecular weight excluding hydrogens is 440 g/mol. The van der Waals surface area contributed by atoms with Gasteiger partial charge in [0.05, 0.1) is 47.7 Å². The minimum atomic E-state index is -0.688. The number of nitrogens with zero attached hydrogens (tertiary/aromatic N) is 7. The molecule has 4 aromatic rings. The average Bonchev–Trinajstić information content (AvgIpc) is 3.26. The maximum Gasteiger partial charge on any atom is 0.135 e. The van der Waals surface area contributed by atoms with Crippen molar-refractivity contribution >= 4 is 0 Å². The number of aliphatic hydroxyl groups excluding tert-OH is 1. The van der Waals surface area contributed by atoms with Crippen molar-refractivity contribution in [2.24, 2.45) is 0 Å². The molecule has 1 unspecified atom stereocenters. The van der Waals surface area contributed by atoms with Crippen LogP contribution < -0.4 is 0 Å². The van der Waals surface area contributed by atoms with Crippen LogP contribution in [0.25, 0.3) is 22.6 Å². The summed E-state index contributed by atoms with van der Waals surface area (Å²) in [5, 5.41) is 26.2. The predicted octanol–water partition coefficient (Wildman–Crippen LogP) is 4.13. The fraction of sp³-hybridized carbons (Fsp3) is 0.333. The van der Waals surface area contributed by atoms with Crippen LogP contribution in [0.5, 0.6) is 0 Å². The van der Waals surface area contributed by atoms with Gasteiger partial charge < -0.3 is 5.11 Å². The molecule has 0 spiro atoms. The SMILES string of the molecule is CC(C)c1cc(-c2c(F)cccc2F)nnc1C(C)c1cncc(-c2cn(C[C@H](C)O)nn2)n1. The second-order valence-electron chi connectivity index (χ2n) is 8.55. The van der Waals surface area contributed by atoms with E-state index in [-0.39, 0.29) is 23.1 Å². The monoisotopic (exact) mass is 465 g/mol. The Kier molecular flexibility index (Phi) is 6.69. The average molecular weight is 466 g/mol. The summed E-state index contributed by atoms with van der Waals surface area (Å²) in [4.78, 5) is 9.00. The molecule has 0 amide bonds. The molecule has 1 N–H and O–H groups in total. The highest BCUT2D eigenvalue weighted by Gasteiger charge is 2.22. The molecule has 0 saturated heterocycles. The first-order chi connectivity index (χ1) is 16.2. The Morgan fingerprint density at radius 3 is 2.35 bits per heavy atom. The maximum absolute atomic E-state index is 14.3. The van der Waals surface area contributed by atoms with E-state index in [9.17, 15) is 13.9 Å². The fourth-order valence-corrected chi connectivity index (χ4v) is 3.71. The van der Waals surface area contributed by atoms with Gasteiger partial charge in [-0.2, -0.15) is 10.2 Å². The van der Waals surface area contributed by atoms with Gasteiger partial charge in [-0.1, -0.05) is 32.1 Å². The third kappa shape index (κ3) is 4.81. The van der Waals surface area contributed by atoms with Gasteiger partial charge in [-0.15, -0.1) is 5.10 Å². The molecule has 0 aliphatic carbocycles. The van der Waals surface area contributed by atoms with Gasteiger partial charge in [0, 0.05) is 12.1 Å². The summed E-state index contributed by atoms with van der Waals surface area (Å²) in [6, 6.07) is 5.40. The minimum absolute atomic E-state index is 0.0260. The summed E-state index contributed by atoms with van der Waals surface area (Å²) in [7, 11) is 0. The molecule has 176 valence electrons. The number of aromatic nitrogens is 7. The summed E-state index contributed by atoms with van der Waals surface area (Å²) in [6.45, 7) is 7.88. The lowest BCUT2D eigenvalue weighted by molar-refractivity contribution is 0.167. The molecule has 0 saturated carbocycles. The van der Waals surface area contributed by atoms with Crippen LogP contribution >= 0.6 is 0 Å². The topological polar surface area (TPSA) is 102 Å². The normalized spacial score (nSPS) is 13.3. The number of hydrogen-bond donors (Lipinski definition) is 1. The Morgan fingerprint density at radius 1 is 0.941 bits per heavy atom. The number of benzene rings is 1. The molecule has 1 aromatic carbocycles. The van der Waals surface area contributed by atoms with Crippen molar-refractivity contribution in [2.45, 2.75) is 52.2 Å². The lowest BCUT2D eigenvalue weighted by atomic mass is 9.92. The van der Waals surface area contributed by atoms with Crippen molar-refractivity contribution in [3.63, 3.8) is 0 Å². The molecule has 3 heterocycles. The molecule has 10 heteroatoms. The fourth-order valence-electron chi connectivity index (χ4n) is 3.71. The summed E-state index contributed by atoms with van der Waals surface area (Å²) in [5.74, 6) is -1.64. The van der Waals surface area contributed by atoms with E-state index in [2.05, 4.69) is 25.5 Å². The molecule has 0 radical (unpaired) electrons. The van der Waals surface area contributed by atoms with Crippen molar-refractivity contribution < 1.29 is 13.9 Å². The molecule has 0 aliphatic heterocycles. The van der Waals surface area contributed by atoms with Gasteiger partial charge in [0.2, 0.25) is 0 Å². The van der Waals surface area contributed by atoms with Crippen molar-refractivity contribution in [2.75, 3.05) is 0 Å². The van der Waals surface area contributed by atoms with Gasteiger partial charge in [0.25, 0.3) is 0 Å². The van der Waals surface area contributed by atoms with Gasteiger partial charge in [0.1, 0.15) is 23.0 Å². The first-order valence-electron chi connectivity index (χ1n) is 11.0. The largest absolute Gasteiger partial charge is 0.391 e. The summed E-state index contributed by atoms with van der Waals surface area (Å²) in [5.41, 5.74) is 3.12. The number of aliphatic hydroxyl groups is 1. The minimum Gasteiger partial charge on any atom is -0.391 e. The number of rotatable bonds is 7. The van der Waals surface area contributed by atoms with Gasteiger partial charge in [-0.3, -0.25) is 4.98 Å². The van der Waals surface area contributed by atoms with Crippen molar-refractivity contribution in [1.29, 1.82) is 0 Å². The van der Waals surface area contributed by atoms with Crippen molar-refractivity contribution in [3.8, 4) is 22.6 Å². The molecule has 34 heavy (non-hydrogen) atoms. The predicted molar refractivity (Wildman–Crippen MR) is 122 cm³/mol. The van der Waals surface area contributed by atoms with Gasteiger partial charge in [0.15, 0.2) is 0 Å². The molecule has 2 atom stereocenters. The maximum atomic E-state index is 14.3. The molecule has 8 nitrogen and oxygen atoms in total. The summed E-state index contributed by atoms with van der Waals surface area (Å²) in [6.07, 6.45) is 4.37. The molecular formula is C24H25F2N7O. The molecule has 0 bridgehead atoms. The highest BCUT2D eigenvalue weighted by atomic mass is 19.1.